The molecule has 0 spiro atoms. The molecule has 228 valence electrons. The van der Waals surface area contributed by atoms with Crippen LogP contribution >= 0.6 is 0 Å². The Labute approximate surface area is 277 Å². The van der Waals surface area contributed by atoms with E-state index >= 15 is 0 Å². The highest BCUT2D eigenvalue weighted by molar-refractivity contribution is 6.11. The molecule has 0 N–H and O–H groups in total. The van der Waals surface area contributed by atoms with Crippen molar-refractivity contribution >= 4 is 64.6 Å². The Kier molecular flexibility index (Phi) is 8.19. The topological polar surface area (TPSA) is 0 Å². The number of hydrogen-bond acceptors (Lipinski definition) is 0. The Morgan fingerprint density at radius 3 is 1.40 bits per heavy atom. The second kappa shape index (κ2) is 12.7. The zero-order chi connectivity index (χ0) is 32.5. The monoisotopic (exact) mass is 604 g/mol. The Morgan fingerprint density at radius 1 is 0.255 bits per heavy atom. The van der Waals surface area contributed by atoms with Crippen molar-refractivity contribution in [2.24, 2.45) is 0 Å². The van der Waals surface area contributed by atoms with Gasteiger partial charge in [-0.1, -0.05) is 163 Å². The maximum Gasteiger partial charge on any atom is -0.00735 e. The van der Waals surface area contributed by atoms with E-state index in [0.717, 1.165) is 0 Å². The normalized spacial score (nSPS) is 11.1. The van der Waals surface area contributed by atoms with Crippen molar-refractivity contribution in [3.8, 4) is 0 Å². The molecule has 0 amide bonds. The average molecular weight is 605 g/mol. The lowest BCUT2D eigenvalue weighted by Gasteiger charge is -2.09. The van der Waals surface area contributed by atoms with Crippen molar-refractivity contribution in [3.63, 3.8) is 0 Å². The Hall–Kier alpha value is -5.46. The number of hydrogen-bond donors (Lipinski definition) is 0. The van der Waals surface area contributed by atoms with Gasteiger partial charge in [-0.25, -0.2) is 0 Å². The van der Waals surface area contributed by atoms with Gasteiger partial charge >= 0.3 is 0 Å². The highest BCUT2D eigenvalue weighted by Crippen LogP contribution is 2.31. The van der Waals surface area contributed by atoms with Crippen LogP contribution in [0.4, 0.5) is 0 Å². The van der Waals surface area contributed by atoms with Crippen LogP contribution in [0, 0.1) is 34.6 Å². The third-order valence-electron chi connectivity index (χ3n) is 9.42. The Bertz CT molecular complexity index is 2550. The van der Waals surface area contributed by atoms with E-state index in [1.165, 1.54) is 92.5 Å². The van der Waals surface area contributed by atoms with Crippen LogP contribution in [0.3, 0.4) is 0 Å². The lowest BCUT2D eigenvalue weighted by Crippen LogP contribution is -1.84. The minimum absolute atomic E-state index is 1.32. The van der Waals surface area contributed by atoms with E-state index < -0.39 is 0 Å². The molecule has 0 fully saturated rings. The van der Waals surface area contributed by atoms with Gasteiger partial charge in [0.1, 0.15) is 0 Å². The molecule has 47 heavy (non-hydrogen) atoms. The highest BCUT2D eigenvalue weighted by atomic mass is 14.1. The number of benzene rings is 9. The summed E-state index contributed by atoms with van der Waals surface area (Å²) in [6, 6.07) is 54.5. The van der Waals surface area contributed by atoms with E-state index in [4.69, 9.17) is 0 Å². The van der Waals surface area contributed by atoms with Gasteiger partial charge < -0.3 is 0 Å². The maximum absolute atomic E-state index is 2.27. The fourth-order valence-corrected chi connectivity index (χ4v) is 7.03. The van der Waals surface area contributed by atoms with Gasteiger partial charge in [0, 0.05) is 0 Å². The highest BCUT2D eigenvalue weighted by Gasteiger charge is 2.06. The summed E-state index contributed by atoms with van der Waals surface area (Å²) in [5, 5.41) is 16.2. The molecule has 9 aromatic rings. The second-order valence-corrected chi connectivity index (χ2v) is 12.9. The van der Waals surface area contributed by atoms with Crippen molar-refractivity contribution in [3.05, 3.63) is 179 Å². The van der Waals surface area contributed by atoms with Crippen molar-refractivity contribution in [1.29, 1.82) is 0 Å². The lowest BCUT2D eigenvalue weighted by atomic mass is 9.95. The van der Waals surface area contributed by atoms with Gasteiger partial charge in [0.25, 0.3) is 0 Å². The molecule has 0 nitrogen and oxygen atoms in total. The smallest absolute Gasteiger partial charge is 0.00735 e. The molecule has 0 saturated carbocycles. The number of aryl methyl sites for hydroxylation is 5. The summed E-state index contributed by atoms with van der Waals surface area (Å²) in [4.78, 5) is 0. The van der Waals surface area contributed by atoms with Crippen LogP contribution in [0.2, 0.25) is 0 Å². The predicted molar refractivity (Wildman–Crippen MR) is 208 cm³/mol. The fourth-order valence-electron chi connectivity index (χ4n) is 7.03. The van der Waals surface area contributed by atoms with E-state index in [9.17, 15) is 0 Å². The molecule has 9 aromatic carbocycles. The molecule has 0 aliphatic rings. The van der Waals surface area contributed by atoms with Gasteiger partial charge in [0.15, 0.2) is 0 Å². The fraction of sp³-hybridized carbons (Fsp3) is 0.106. The molecule has 0 aliphatic heterocycles. The lowest BCUT2D eigenvalue weighted by molar-refractivity contribution is 1.50. The summed E-state index contributed by atoms with van der Waals surface area (Å²) >= 11 is 0. The van der Waals surface area contributed by atoms with E-state index in [-0.39, 0.29) is 0 Å². The Morgan fingerprint density at radius 2 is 0.702 bits per heavy atom. The van der Waals surface area contributed by atoms with Gasteiger partial charge in [0.2, 0.25) is 0 Å². The van der Waals surface area contributed by atoms with Crippen LogP contribution in [0.1, 0.15) is 27.8 Å². The summed E-state index contributed by atoms with van der Waals surface area (Å²) in [7, 11) is 0. The van der Waals surface area contributed by atoms with Crippen LogP contribution in [-0.2, 0) is 0 Å². The van der Waals surface area contributed by atoms with Crippen LogP contribution in [0.5, 0.6) is 0 Å². The van der Waals surface area contributed by atoms with Crippen LogP contribution in [-0.4, -0.2) is 0 Å². The van der Waals surface area contributed by atoms with Gasteiger partial charge in [0.05, 0.1) is 0 Å². The largest absolute Gasteiger partial charge is 0.0616 e. The zero-order valence-corrected chi connectivity index (χ0v) is 27.9. The molecule has 0 bridgehead atoms. The molecule has 0 heteroatoms. The average Bonchev–Trinajstić information content (AvgIpc) is 3.09. The molecule has 0 unspecified atom stereocenters. The van der Waals surface area contributed by atoms with Crippen LogP contribution in [0.15, 0.2) is 152 Å². The van der Waals surface area contributed by atoms with E-state index in [1.807, 2.05) is 0 Å². The van der Waals surface area contributed by atoms with E-state index in [0.29, 0.717) is 0 Å². The van der Waals surface area contributed by atoms with Gasteiger partial charge in [-0.15, -0.1) is 0 Å². The molecule has 0 aliphatic carbocycles. The molecule has 0 heterocycles. The zero-order valence-electron chi connectivity index (χ0n) is 27.9. The maximum atomic E-state index is 2.27. The van der Waals surface area contributed by atoms with Gasteiger partial charge in [-0.2, -0.15) is 0 Å². The van der Waals surface area contributed by atoms with Crippen LogP contribution < -0.4 is 0 Å². The molecule has 0 aromatic heterocycles. The summed E-state index contributed by atoms with van der Waals surface area (Å²) < 4.78 is 0. The van der Waals surface area contributed by atoms with Crippen molar-refractivity contribution in [2.75, 3.05) is 0 Å². The van der Waals surface area contributed by atoms with Crippen molar-refractivity contribution < 1.29 is 0 Å². The van der Waals surface area contributed by atoms with Gasteiger partial charge in [-0.3, -0.25) is 0 Å². The van der Waals surface area contributed by atoms with Crippen LogP contribution in [0.25, 0.3) is 64.6 Å². The standard InChI is InChI=1S/2C16H14.C15H12/c1-11-6-5-9-14-12(2)10-13-7-3-4-8-15(13)16(11)14;1-11-7-8-13-10-12(2)14-5-3-4-6-15(14)16(13)9-11;1-11-6-7-13-9-8-12-4-2-3-5-14(12)15(13)10-11/h2*3-10H,1-2H3;2-10H,1H3. The van der Waals surface area contributed by atoms with Crippen molar-refractivity contribution in [1.82, 2.24) is 0 Å². The molecule has 0 radical (unpaired) electrons. The summed E-state index contributed by atoms with van der Waals surface area (Å²) in [6.07, 6.45) is 0. The molecule has 0 saturated heterocycles. The second-order valence-electron chi connectivity index (χ2n) is 12.9. The minimum atomic E-state index is 1.32. The Balaban J connectivity index is 0.000000112. The first-order valence-electron chi connectivity index (χ1n) is 16.5. The quantitative estimate of drug-likeness (QED) is 0.151. The molecule has 9 rings (SSSR count). The van der Waals surface area contributed by atoms with Gasteiger partial charge in [-0.05, 0) is 116 Å². The first kappa shape index (κ1) is 30.2. The summed E-state index contributed by atoms with van der Waals surface area (Å²) in [6.45, 7) is 10.8. The molecular formula is C47H40. The first-order chi connectivity index (χ1) is 22.9. The molecule has 0 atom stereocenters. The first-order valence-corrected chi connectivity index (χ1v) is 16.5. The summed E-state index contributed by atoms with van der Waals surface area (Å²) in [5.74, 6) is 0. The molecular weight excluding hydrogens is 565 g/mol. The predicted octanol–water partition coefficient (Wildman–Crippen LogP) is 13.5. The number of rotatable bonds is 0. The van der Waals surface area contributed by atoms with E-state index in [2.05, 4.69) is 186 Å². The third kappa shape index (κ3) is 5.96. The SMILES string of the molecule is Cc1cc2ccccc2c2c(C)cccc12.Cc1ccc2cc(C)c3ccccc3c2c1.Cc1ccc2ccc3ccccc3c2c1. The van der Waals surface area contributed by atoms with Crippen molar-refractivity contribution in [2.45, 2.75) is 34.6 Å². The van der Waals surface area contributed by atoms with E-state index in [1.54, 1.807) is 0 Å². The third-order valence-corrected chi connectivity index (χ3v) is 9.42. The summed E-state index contributed by atoms with van der Waals surface area (Å²) in [5.41, 5.74) is 6.71. The number of fused-ring (bicyclic) bond motifs is 9. The minimum Gasteiger partial charge on any atom is -0.0616 e.